The van der Waals surface area contributed by atoms with Crippen molar-refractivity contribution >= 4 is 23.6 Å². The van der Waals surface area contributed by atoms with Gasteiger partial charge >= 0.3 is 5.97 Å². The molecule has 0 aromatic heterocycles. The van der Waals surface area contributed by atoms with E-state index in [9.17, 15) is 19.2 Å². The molecule has 0 spiro atoms. The van der Waals surface area contributed by atoms with Gasteiger partial charge in [-0.3, -0.25) is 24.1 Å². The number of carbonyl (C=O) groups excluding carboxylic acids is 4. The molecule has 2 saturated carbocycles. The summed E-state index contributed by atoms with van der Waals surface area (Å²) >= 11 is 0. The Morgan fingerprint density at radius 1 is 0.818 bits per heavy atom. The van der Waals surface area contributed by atoms with Crippen molar-refractivity contribution in [2.24, 2.45) is 35.5 Å². The maximum atomic E-state index is 12.9. The van der Waals surface area contributed by atoms with Gasteiger partial charge in [0.05, 0.1) is 11.8 Å². The maximum absolute atomic E-state index is 12.9. The summed E-state index contributed by atoms with van der Waals surface area (Å²) < 4.78 is 5.13. The molecule has 2 aromatic rings. The normalized spacial score (nSPS) is 30.7. The number of carbonyl (C=O) groups is 4. The number of esters is 1. The number of nitrogens with zero attached hydrogens (tertiary/aromatic N) is 1. The van der Waals surface area contributed by atoms with Crippen LogP contribution in [-0.4, -0.2) is 41.6 Å². The number of imide groups is 1. The number of amides is 2. The zero-order chi connectivity index (χ0) is 22.7. The Kier molecular flexibility index (Phi) is 4.57. The molecule has 0 radical (unpaired) electrons. The lowest BCUT2D eigenvalue weighted by molar-refractivity contribution is -0.152. The van der Waals surface area contributed by atoms with Crippen molar-refractivity contribution in [2.75, 3.05) is 13.2 Å². The SMILES string of the molecule is O=C(CN1C(=O)[C@@H]2[C@H]3C=C[C@@H]([C@@H]4C[C@@H]34)[C@@H]2C1=O)OCC(=O)c1ccc(-c2ccccc2)cc1. The predicted molar refractivity (Wildman–Crippen MR) is 119 cm³/mol. The molecule has 2 amide bonds. The van der Waals surface area contributed by atoms with Gasteiger partial charge in [0.2, 0.25) is 11.8 Å². The number of hydrogen-bond acceptors (Lipinski definition) is 5. The van der Waals surface area contributed by atoms with Gasteiger partial charge in [-0.2, -0.15) is 0 Å². The predicted octanol–water partition coefficient (Wildman–Crippen LogP) is 3.13. The summed E-state index contributed by atoms with van der Waals surface area (Å²) in [7, 11) is 0. The quantitative estimate of drug-likeness (QED) is 0.298. The van der Waals surface area contributed by atoms with Gasteiger partial charge in [-0.05, 0) is 41.2 Å². The van der Waals surface area contributed by atoms with Gasteiger partial charge in [-0.25, -0.2) is 0 Å². The standard InChI is InChI=1S/C27H23NO5/c29-22(17-8-6-16(7-9-17)15-4-2-1-3-5-15)14-33-23(30)13-28-26(31)24-18-10-11-19(21-12-20(18)21)25(24)27(28)32/h1-11,18-21,24-25H,12-14H2/t18-,19-,20-,21-,24-,25+/m0/s1. The van der Waals surface area contributed by atoms with Crippen LogP contribution in [0, 0.1) is 35.5 Å². The highest BCUT2D eigenvalue weighted by atomic mass is 16.5. The summed E-state index contributed by atoms with van der Waals surface area (Å²) in [6.07, 6.45) is 5.27. The lowest BCUT2D eigenvalue weighted by Gasteiger charge is -2.37. The third kappa shape index (κ3) is 3.24. The zero-order valence-electron chi connectivity index (χ0n) is 17.9. The minimum Gasteiger partial charge on any atom is -0.456 e. The number of Topliss-reactive ketones (excluding diaryl/α,β-unsaturated/α-hetero) is 1. The van der Waals surface area contributed by atoms with Crippen molar-refractivity contribution in [2.45, 2.75) is 6.42 Å². The van der Waals surface area contributed by atoms with Crippen LogP contribution in [0.3, 0.4) is 0 Å². The zero-order valence-corrected chi connectivity index (χ0v) is 17.9. The highest BCUT2D eigenvalue weighted by molar-refractivity contribution is 6.08. The minimum absolute atomic E-state index is 0.114. The summed E-state index contributed by atoms with van der Waals surface area (Å²) in [6.45, 7) is -0.858. The van der Waals surface area contributed by atoms with E-state index < -0.39 is 19.1 Å². The molecular formula is C27H23NO5. The Balaban J connectivity index is 1.06. The number of rotatable bonds is 6. The number of hydrogen-bond donors (Lipinski definition) is 0. The topological polar surface area (TPSA) is 80.8 Å². The molecular weight excluding hydrogens is 418 g/mol. The second-order valence-corrected chi connectivity index (χ2v) is 9.44. The fourth-order valence-corrected chi connectivity index (χ4v) is 6.06. The summed E-state index contributed by atoms with van der Waals surface area (Å²) in [5.41, 5.74) is 2.46. The number of allylic oxidation sites excluding steroid dienone is 2. The second kappa shape index (κ2) is 7.51. The number of ketones is 1. The van der Waals surface area contributed by atoms with Crippen molar-refractivity contribution in [3.05, 3.63) is 72.3 Å². The molecule has 1 heterocycles. The van der Waals surface area contributed by atoms with Gasteiger partial charge in [0, 0.05) is 5.56 Å². The molecule has 6 atom stereocenters. The van der Waals surface area contributed by atoms with Gasteiger partial charge in [0.25, 0.3) is 0 Å². The first-order valence-electron chi connectivity index (χ1n) is 11.4. The van der Waals surface area contributed by atoms with E-state index in [-0.39, 0.29) is 41.3 Å². The van der Waals surface area contributed by atoms with E-state index in [1.54, 1.807) is 12.1 Å². The van der Waals surface area contributed by atoms with E-state index in [0.717, 1.165) is 22.4 Å². The molecule has 166 valence electrons. The molecule has 3 fully saturated rings. The molecule has 1 aliphatic heterocycles. The van der Waals surface area contributed by atoms with E-state index in [0.29, 0.717) is 17.4 Å². The number of ether oxygens (including phenoxy) is 1. The average molecular weight is 441 g/mol. The molecule has 7 rings (SSSR count). The lowest BCUT2D eigenvalue weighted by Crippen LogP contribution is -2.40. The van der Waals surface area contributed by atoms with E-state index in [1.165, 1.54) is 0 Å². The molecule has 1 saturated heterocycles. The van der Waals surface area contributed by atoms with Crippen molar-refractivity contribution < 1.29 is 23.9 Å². The molecule has 0 unspecified atom stereocenters. The smallest absolute Gasteiger partial charge is 0.326 e. The Hall–Kier alpha value is -3.54. The maximum Gasteiger partial charge on any atom is 0.326 e. The van der Waals surface area contributed by atoms with E-state index in [4.69, 9.17) is 4.74 Å². The van der Waals surface area contributed by atoms with Crippen LogP contribution in [0.2, 0.25) is 0 Å². The molecule has 4 aliphatic carbocycles. The molecule has 0 N–H and O–H groups in total. The summed E-state index contributed by atoms with van der Waals surface area (Å²) in [5.74, 6) is -1.04. The third-order valence-electron chi connectivity index (χ3n) is 7.72. The van der Waals surface area contributed by atoms with E-state index in [2.05, 4.69) is 12.2 Å². The second-order valence-electron chi connectivity index (χ2n) is 9.44. The first-order valence-corrected chi connectivity index (χ1v) is 11.4. The van der Waals surface area contributed by atoms with Crippen LogP contribution in [0.15, 0.2) is 66.7 Å². The van der Waals surface area contributed by atoms with Gasteiger partial charge < -0.3 is 4.74 Å². The summed E-state index contributed by atoms with van der Waals surface area (Å²) in [4.78, 5) is 51.8. The Morgan fingerprint density at radius 2 is 1.39 bits per heavy atom. The Morgan fingerprint density at radius 3 is 2.00 bits per heavy atom. The van der Waals surface area contributed by atoms with E-state index in [1.807, 2.05) is 42.5 Å². The molecule has 2 bridgehead atoms. The van der Waals surface area contributed by atoms with Crippen LogP contribution < -0.4 is 0 Å². The Labute approximate surface area is 191 Å². The van der Waals surface area contributed by atoms with Gasteiger partial charge in [0.15, 0.2) is 12.4 Å². The van der Waals surface area contributed by atoms with Crippen molar-refractivity contribution in [3.8, 4) is 11.1 Å². The molecule has 6 nitrogen and oxygen atoms in total. The average Bonchev–Trinajstić information content (AvgIpc) is 3.64. The largest absolute Gasteiger partial charge is 0.456 e. The van der Waals surface area contributed by atoms with Crippen molar-refractivity contribution in [1.29, 1.82) is 0 Å². The minimum atomic E-state index is -0.741. The van der Waals surface area contributed by atoms with Gasteiger partial charge in [-0.1, -0.05) is 66.7 Å². The van der Waals surface area contributed by atoms with Crippen LogP contribution in [-0.2, 0) is 19.1 Å². The fourth-order valence-electron chi connectivity index (χ4n) is 6.06. The van der Waals surface area contributed by atoms with Crippen LogP contribution in [0.25, 0.3) is 11.1 Å². The van der Waals surface area contributed by atoms with Gasteiger partial charge in [0.1, 0.15) is 6.54 Å². The fraction of sp³-hybridized carbons (Fsp3) is 0.333. The van der Waals surface area contributed by atoms with E-state index >= 15 is 0 Å². The monoisotopic (exact) mass is 441 g/mol. The third-order valence-corrected chi connectivity index (χ3v) is 7.72. The molecule has 6 heteroatoms. The first kappa shape index (κ1) is 20.1. The summed E-state index contributed by atoms with van der Waals surface area (Å²) in [6, 6.07) is 16.9. The molecule has 33 heavy (non-hydrogen) atoms. The van der Waals surface area contributed by atoms with Gasteiger partial charge in [-0.15, -0.1) is 0 Å². The summed E-state index contributed by atoms with van der Waals surface area (Å²) in [5, 5.41) is 0. The lowest BCUT2D eigenvalue weighted by atomic mass is 9.63. The Bertz CT molecular complexity index is 1150. The van der Waals surface area contributed by atoms with Crippen molar-refractivity contribution in [1.82, 2.24) is 4.90 Å². The van der Waals surface area contributed by atoms with Crippen LogP contribution in [0.1, 0.15) is 16.8 Å². The molecule has 2 aromatic carbocycles. The first-order chi connectivity index (χ1) is 16.0. The van der Waals surface area contributed by atoms with Crippen LogP contribution in [0.5, 0.6) is 0 Å². The number of benzene rings is 2. The highest BCUT2D eigenvalue weighted by Crippen LogP contribution is 2.65. The molecule has 5 aliphatic rings. The van der Waals surface area contributed by atoms with Crippen LogP contribution >= 0.6 is 0 Å². The highest BCUT2D eigenvalue weighted by Gasteiger charge is 2.67. The van der Waals surface area contributed by atoms with Crippen molar-refractivity contribution in [3.63, 3.8) is 0 Å². The van der Waals surface area contributed by atoms with Crippen LogP contribution in [0.4, 0.5) is 0 Å². The number of likely N-dealkylation sites (tertiary alicyclic amines) is 1.